The summed E-state index contributed by atoms with van der Waals surface area (Å²) in [4.78, 5) is 12.4. The van der Waals surface area contributed by atoms with Gasteiger partial charge in [0.1, 0.15) is 11.5 Å². The molecule has 0 saturated carbocycles. The van der Waals surface area contributed by atoms with E-state index in [4.69, 9.17) is 23.7 Å². The second kappa shape index (κ2) is 4.89. The molecule has 2 aliphatic rings. The second-order valence-corrected chi connectivity index (χ2v) is 4.98. The van der Waals surface area contributed by atoms with Gasteiger partial charge < -0.3 is 28.8 Å². The summed E-state index contributed by atoms with van der Waals surface area (Å²) >= 11 is 0. The predicted octanol–water partition coefficient (Wildman–Crippen LogP) is 1.00. The van der Waals surface area contributed by atoms with Crippen molar-refractivity contribution in [1.82, 2.24) is 0 Å². The quantitative estimate of drug-likeness (QED) is 0.891. The Kier molecular flexibility index (Phi) is 3.26. The lowest BCUT2D eigenvalue weighted by Crippen LogP contribution is -2.70. The normalized spacial score (nSPS) is 29.5. The molecule has 0 saturated heterocycles. The molecule has 22 heavy (non-hydrogen) atoms. The number of benzene rings is 1. The smallest absolute Gasteiger partial charge is 0.342 e. The van der Waals surface area contributed by atoms with Crippen LogP contribution in [-0.4, -0.2) is 43.8 Å². The fraction of sp³-hybridized carbons (Fsp3) is 0.400. The zero-order valence-corrected chi connectivity index (χ0v) is 12.4. The van der Waals surface area contributed by atoms with E-state index in [1.807, 2.05) is 0 Å². The van der Waals surface area contributed by atoms with Gasteiger partial charge in [-0.15, -0.1) is 0 Å². The van der Waals surface area contributed by atoms with E-state index >= 15 is 0 Å². The number of aliphatic hydroxyl groups is 1. The lowest BCUT2D eigenvalue weighted by atomic mass is 9.89. The van der Waals surface area contributed by atoms with Crippen LogP contribution in [0.3, 0.4) is 0 Å². The number of carbonyl (C=O) groups is 1. The molecule has 1 aromatic rings. The second-order valence-electron chi connectivity index (χ2n) is 4.98. The van der Waals surface area contributed by atoms with E-state index in [1.165, 1.54) is 27.4 Å². The fourth-order valence-corrected chi connectivity index (χ4v) is 2.62. The molecule has 1 N–H and O–H groups in total. The molecular weight excluding hydrogens is 292 g/mol. The lowest BCUT2D eigenvalue weighted by molar-refractivity contribution is -0.335. The zero-order chi connectivity index (χ0) is 16.0. The van der Waals surface area contributed by atoms with E-state index in [0.29, 0.717) is 5.75 Å². The molecule has 0 amide bonds. The molecule has 0 aromatic heterocycles. The first-order chi connectivity index (χ1) is 10.5. The standard InChI is InChI=1S/C15H16O7/c1-18-9-4-5-11-12(6-9)21-14(17)8-10(19-2)7-13(16)15(14,20-3)22-11/h4-7,17H,8H2,1-3H3/t14?,15-/m0/s1. The van der Waals surface area contributed by atoms with Gasteiger partial charge in [0.05, 0.1) is 20.6 Å². The Morgan fingerprint density at radius 1 is 1.14 bits per heavy atom. The van der Waals surface area contributed by atoms with Gasteiger partial charge >= 0.3 is 5.79 Å². The predicted molar refractivity (Wildman–Crippen MR) is 73.7 cm³/mol. The molecule has 3 rings (SSSR count). The number of hydrogen-bond donors (Lipinski definition) is 1. The topological polar surface area (TPSA) is 83.5 Å². The maximum atomic E-state index is 12.4. The monoisotopic (exact) mass is 308 g/mol. The van der Waals surface area contributed by atoms with Crippen LogP contribution in [0.25, 0.3) is 0 Å². The molecule has 1 aromatic carbocycles. The highest BCUT2D eigenvalue weighted by Crippen LogP contribution is 2.48. The van der Waals surface area contributed by atoms with Gasteiger partial charge in [-0.3, -0.25) is 4.79 Å². The van der Waals surface area contributed by atoms with Crippen molar-refractivity contribution < 1.29 is 33.6 Å². The highest BCUT2D eigenvalue weighted by molar-refractivity contribution is 5.99. The first kappa shape index (κ1) is 14.7. The Labute approximate surface area is 127 Å². The van der Waals surface area contributed by atoms with Gasteiger partial charge in [-0.25, -0.2) is 0 Å². The molecule has 1 aliphatic carbocycles. The van der Waals surface area contributed by atoms with Crippen LogP contribution >= 0.6 is 0 Å². The molecule has 0 bridgehead atoms. The minimum atomic E-state index is -2.04. The highest BCUT2D eigenvalue weighted by Gasteiger charge is 2.66. The first-order valence-electron chi connectivity index (χ1n) is 6.60. The van der Waals surface area contributed by atoms with Crippen molar-refractivity contribution in [3.63, 3.8) is 0 Å². The van der Waals surface area contributed by atoms with Crippen LogP contribution in [0.5, 0.6) is 17.2 Å². The van der Waals surface area contributed by atoms with E-state index in [-0.39, 0.29) is 23.7 Å². The van der Waals surface area contributed by atoms with Gasteiger partial charge in [0.2, 0.25) is 5.78 Å². The van der Waals surface area contributed by atoms with E-state index in [9.17, 15) is 9.90 Å². The van der Waals surface area contributed by atoms with E-state index in [0.717, 1.165) is 0 Å². The molecule has 1 heterocycles. The highest BCUT2D eigenvalue weighted by atomic mass is 16.8. The molecule has 1 aliphatic heterocycles. The van der Waals surface area contributed by atoms with Crippen LogP contribution in [0.15, 0.2) is 30.0 Å². The largest absolute Gasteiger partial charge is 0.501 e. The molecule has 2 atom stereocenters. The average molecular weight is 308 g/mol. The van der Waals surface area contributed by atoms with Crippen molar-refractivity contribution in [2.75, 3.05) is 21.3 Å². The summed E-state index contributed by atoms with van der Waals surface area (Å²) in [6.45, 7) is 0. The van der Waals surface area contributed by atoms with Gasteiger partial charge in [-0.05, 0) is 12.1 Å². The molecule has 0 fully saturated rings. The first-order valence-corrected chi connectivity index (χ1v) is 6.60. The van der Waals surface area contributed by atoms with E-state index in [2.05, 4.69) is 0 Å². The van der Waals surface area contributed by atoms with Gasteiger partial charge in [-0.2, -0.15) is 0 Å². The summed E-state index contributed by atoms with van der Waals surface area (Å²) in [6.07, 6.45) is 1.13. The van der Waals surface area contributed by atoms with Crippen molar-refractivity contribution in [2.24, 2.45) is 0 Å². The van der Waals surface area contributed by atoms with Crippen molar-refractivity contribution in [2.45, 2.75) is 18.0 Å². The Morgan fingerprint density at radius 2 is 1.91 bits per heavy atom. The lowest BCUT2D eigenvalue weighted by Gasteiger charge is -2.48. The van der Waals surface area contributed by atoms with Crippen LogP contribution in [0, 0.1) is 0 Å². The number of ketones is 1. The van der Waals surface area contributed by atoms with E-state index in [1.54, 1.807) is 18.2 Å². The van der Waals surface area contributed by atoms with E-state index < -0.39 is 17.4 Å². The number of carbonyl (C=O) groups excluding carboxylic acids is 1. The molecule has 0 radical (unpaired) electrons. The number of fused-ring (bicyclic) bond motifs is 2. The Hall–Kier alpha value is -2.25. The minimum absolute atomic E-state index is 0.0975. The Morgan fingerprint density at radius 3 is 2.55 bits per heavy atom. The SMILES string of the molecule is COC1=CC(=O)[C@]2(OC)Oc3ccc(OC)cc3OC2(O)C1. The molecule has 0 spiro atoms. The number of hydrogen-bond acceptors (Lipinski definition) is 7. The Balaban J connectivity index is 2.11. The summed E-state index contributed by atoms with van der Waals surface area (Å²) in [7, 11) is 4.19. The van der Waals surface area contributed by atoms with Crippen LogP contribution in [0.2, 0.25) is 0 Å². The zero-order valence-electron chi connectivity index (χ0n) is 12.4. The summed E-state index contributed by atoms with van der Waals surface area (Å²) in [5.41, 5.74) is 0. The fourth-order valence-electron chi connectivity index (χ4n) is 2.62. The third-order valence-electron chi connectivity index (χ3n) is 3.78. The van der Waals surface area contributed by atoms with Gasteiger partial charge in [0.15, 0.2) is 11.5 Å². The van der Waals surface area contributed by atoms with Crippen molar-refractivity contribution in [3.8, 4) is 17.2 Å². The van der Waals surface area contributed by atoms with Crippen LogP contribution in [-0.2, 0) is 14.3 Å². The van der Waals surface area contributed by atoms with Gasteiger partial charge in [-0.1, -0.05) is 0 Å². The number of methoxy groups -OCH3 is 3. The van der Waals surface area contributed by atoms with Crippen molar-refractivity contribution in [1.29, 1.82) is 0 Å². The third kappa shape index (κ3) is 1.86. The summed E-state index contributed by atoms with van der Waals surface area (Å²) < 4.78 is 26.7. The maximum absolute atomic E-state index is 12.4. The number of rotatable bonds is 3. The Bertz CT molecular complexity index is 653. The van der Waals surface area contributed by atoms with Gasteiger partial charge in [0.25, 0.3) is 5.79 Å². The molecule has 1 unspecified atom stereocenters. The molecule has 7 heteroatoms. The molecular formula is C15H16O7. The average Bonchev–Trinajstić information content (AvgIpc) is 2.52. The van der Waals surface area contributed by atoms with Crippen molar-refractivity contribution >= 4 is 5.78 Å². The molecule has 118 valence electrons. The summed E-state index contributed by atoms with van der Waals surface area (Å²) in [6, 6.07) is 4.79. The van der Waals surface area contributed by atoms with Gasteiger partial charge in [0, 0.05) is 19.3 Å². The third-order valence-corrected chi connectivity index (χ3v) is 3.78. The van der Waals surface area contributed by atoms with Crippen LogP contribution in [0.1, 0.15) is 6.42 Å². The summed E-state index contributed by atoms with van der Waals surface area (Å²) in [5, 5.41) is 10.9. The molecule has 7 nitrogen and oxygen atoms in total. The van der Waals surface area contributed by atoms with Crippen molar-refractivity contribution in [3.05, 3.63) is 30.0 Å². The minimum Gasteiger partial charge on any atom is -0.501 e. The number of ether oxygens (including phenoxy) is 5. The van der Waals surface area contributed by atoms with Crippen LogP contribution < -0.4 is 14.2 Å². The maximum Gasteiger partial charge on any atom is 0.342 e. The summed E-state index contributed by atoms with van der Waals surface area (Å²) in [5.74, 6) is -3.29. The van der Waals surface area contributed by atoms with Crippen LogP contribution in [0.4, 0.5) is 0 Å².